The third kappa shape index (κ3) is 3.23. The van der Waals surface area contributed by atoms with Gasteiger partial charge in [0.15, 0.2) is 0 Å². The van der Waals surface area contributed by atoms with E-state index in [0.29, 0.717) is 0 Å². The second-order valence-corrected chi connectivity index (χ2v) is 5.28. The molecule has 0 bridgehead atoms. The summed E-state index contributed by atoms with van der Waals surface area (Å²) < 4.78 is 5.31. The molecule has 3 nitrogen and oxygen atoms in total. The van der Waals surface area contributed by atoms with Gasteiger partial charge in [-0.3, -0.25) is 4.79 Å². The lowest BCUT2D eigenvalue weighted by Gasteiger charge is -2.22. The summed E-state index contributed by atoms with van der Waals surface area (Å²) in [5.41, 5.74) is 1.79. The fraction of sp³-hybridized carbons (Fsp3) is 0.417. The zero-order valence-corrected chi connectivity index (χ0v) is 11.5. The van der Waals surface area contributed by atoms with Crippen molar-refractivity contribution in [3.05, 3.63) is 23.8 Å². The summed E-state index contributed by atoms with van der Waals surface area (Å²) in [5.74, 6) is 0.833. The highest BCUT2D eigenvalue weighted by atomic mass is 79.9. The predicted octanol–water partition coefficient (Wildman–Crippen LogP) is 3.92. The van der Waals surface area contributed by atoms with Crippen molar-refractivity contribution in [2.24, 2.45) is 0 Å². The average Bonchev–Trinajstić information content (AvgIpc) is 2.15. The molecule has 1 amide bonds. The Morgan fingerprint density at radius 3 is 2.44 bits per heavy atom. The van der Waals surface area contributed by atoms with Crippen LogP contribution in [0.25, 0.3) is 0 Å². The number of carbonyl (C=O) groups excluding carboxylic acids is 1. The van der Waals surface area contributed by atoms with Crippen LogP contribution in [0.2, 0.25) is 0 Å². The summed E-state index contributed by atoms with van der Waals surface area (Å²) in [6.45, 7) is 6.31. The molecule has 0 aliphatic heterocycles. The lowest BCUT2D eigenvalue weighted by Crippen LogP contribution is -2.13. The number of nitrogens with one attached hydrogen (secondary N) is 1. The fourth-order valence-electron chi connectivity index (χ4n) is 1.49. The normalized spacial score (nSPS) is 11.1. The lowest BCUT2D eigenvalue weighted by molar-refractivity contribution is 0.270. The van der Waals surface area contributed by atoms with E-state index in [1.165, 1.54) is 0 Å². The number of ether oxygens (including phenoxy) is 1. The summed E-state index contributed by atoms with van der Waals surface area (Å²) in [6.07, 6.45) is 0. The first kappa shape index (κ1) is 13.0. The molecule has 0 heterocycles. The van der Waals surface area contributed by atoms with Gasteiger partial charge in [0, 0.05) is 27.2 Å². The Hall–Kier alpha value is -1.03. The van der Waals surface area contributed by atoms with Crippen LogP contribution in [-0.4, -0.2) is 11.9 Å². The standard InChI is InChI=1S/C12H16BrNO2/c1-12(2,3)9-7-8(14-11(13)15)5-6-10(9)16-4/h5-7H,1-4H3,(H,14,15). The molecule has 0 spiro atoms. The molecule has 0 aromatic heterocycles. The highest BCUT2D eigenvalue weighted by Crippen LogP contribution is 2.33. The second-order valence-electron chi connectivity index (χ2n) is 4.56. The van der Waals surface area contributed by atoms with Crippen molar-refractivity contribution in [3.63, 3.8) is 0 Å². The van der Waals surface area contributed by atoms with Crippen molar-refractivity contribution in [2.45, 2.75) is 26.2 Å². The molecule has 0 saturated heterocycles. The van der Waals surface area contributed by atoms with Crippen LogP contribution in [0, 0.1) is 0 Å². The number of carbonyl (C=O) groups is 1. The van der Waals surface area contributed by atoms with Crippen molar-refractivity contribution < 1.29 is 9.53 Å². The molecule has 1 N–H and O–H groups in total. The first-order valence-electron chi connectivity index (χ1n) is 4.99. The van der Waals surface area contributed by atoms with E-state index in [2.05, 4.69) is 42.0 Å². The van der Waals surface area contributed by atoms with Crippen LogP contribution in [0.1, 0.15) is 26.3 Å². The van der Waals surface area contributed by atoms with Crippen LogP contribution in [0.3, 0.4) is 0 Å². The summed E-state index contributed by atoms with van der Waals surface area (Å²) in [5, 5.41) is 2.69. The topological polar surface area (TPSA) is 38.3 Å². The first-order valence-corrected chi connectivity index (χ1v) is 5.79. The summed E-state index contributed by atoms with van der Waals surface area (Å²) in [7, 11) is 1.65. The maximum absolute atomic E-state index is 10.9. The third-order valence-electron chi connectivity index (χ3n) is 2.25. The first-order chi connectivity index (χ1) is 7.34. The van der Waals surface area contributed by atoms with E-state index in [4.69, 9.17) is 4.74 Å². The van der Waals surface area contributed by atoms with Crippen molar-refractivity contribution in [1.29, 1.82) is 0 Å². The summed E-state index contributed by atoms with van der Waals surface area (Å²) in [6, 6.07) is 5.60. The SMILES string of the molecule is COc1ccc(NC(=O)Br)cc1C(C)(C)C. The van der Waals surface area contributed by atoms with Crippen LogP contribution >= 0.6 is 15.9 Å². The Morgan fingerprint density at radius 1 is 1.38 bits per heavy atom. The number of halogens is 1. The largest absolute Gasteiger partial charge is 0.496 e. The van der Waals surface area contributed by atoms with E-state index < -0.39 is 0 Å². The summed E-state index contributed by atoms with van der Waals surface area (Å²) in [4.78, 5) is 10.7. The van der Waals surface area contributed by atoms with Gasteiger partial charge in [-0.05, 0) is 23.6 Å². The quantitative estimate of drug-likeness (QED) is 0.661. The van der Waals surface area contributed by atoms with Crippen LogP contribution in [0.5, 0.6) is 5.75 Å². The van der Waals surface area contributed by atoms with Crippen LogP contribution < -0.4 is 10.1 Å². The van der Waals surface area contributed by atoms with Gasteiger partial charge in [0.25, 0.3) is 4.82 Å². The molecule has 0 aliphatic rings. The minimum absolute atomic E-state index is 0.0294. The number of amides is 1. The molecule has 0 fully saturated rings. The number of rotatable bonds is 2. The fourth-order valence-corrected chi connectivity index (χ4v) is 1.71. The zero-order chi connectivity index (χ0) is 12.3. The van der Waals surface area contributed by atoms with E-state index in [1.807, 2.05) is 18.2 Å². The molecule has 88 valence electrons. The molecule has 4 heteroatoms. The minimum atomic E-state index is -0.252. The van der Waals surface area contributed by atoms with E-state index in [-0.39, 0.29) is 10.2 Å². The average molecular weight is 286 g/mol. The highest BCUT2D eigenvalue weighted by Gasteiger charge is 2.19. The lowest BCUT2D eigenvalue weighted by atomic mass is 9.86. The van der Waals surface area contributed by atoms with Gasteiger partial charge in [0.1, 0.15) is 5.75 Å². The van der Waals surface area contributed by atoms with Crippen LogP contribution in [0.15, 0.2) is 18.2 Å². The van der Waals surface area contributed by atoms with Gasteiger partial charge < -0.3 is 10.1 Å². The van der Waals surface area contributed by atoms with Gasteiger partial charge in [0.05, 0.1) is 7.11 Å². The molecule has 1 aromatic rings. The monoisotopic (exact) mass is 285 g/mol. The van der Waals surface area contributed by atoms with E-state index in [1.54, 1.807) is 7.11 Å². The maximum atomic E-state index is 10.9. The van der Waals surface area contributed by atoms with Gasteiger partial charge in [-0.2, -0.15) is 0 Å². The Bertz CT molecular complexity index is 396. The number of hydrogen-bond donors (Lipinski definition) is 1. The van der Waals surface area contributed by atoms with Crippen LogP contribution in [-0.2, 0) is 5.41 Å². The van der Waals surface area contributed by atoms with E-state index >= 15 is 0 Å². The van der Waals surface area contributed by atoms with E-state index in [9.17, 15) is 4.79 Å². The van der Waals surface area contributed by atoms with Gasteiger partial charge in [-0.1, -0.05) is 20.8 Å². The van der Waals surface area contributed by atoms with Crippen molar-refractivity contribution in [1.82, 2.24) is 0 Å². The smallest absolute Gasteiger partial charge is 0.291 e. The van der Waals surface area contributed by atoms with Gasteiger partial charge in [-0.25, -0.2) is 0 Å². The number of hydrogen-bond acceptors (Lipinski definition) is 2. The maximum Gasteiger partial charge on any atom is 0.291 e. The molecule has 16 heavy (non-hydrogen) atoms. The second kappa shape index (κ2) is 4.87. The number of methoxy groups -OCH3 is 1. The Kier molecular flexibility index (Phi) is 3.97. The molecule has 1 rings (SSSR count). The Labute approximate surface area is 104 Å². The van der Waals surface area contributed by atoms with Gasteiger partial charge in [-0.15, -0.1) is 0 Å². The van der Waals surface area contributed by atoms with Gasteiger partial charge >= 0.3 is 0 Å². The summed E-state index contributed by atoms with van der Waals surface area (Å²) >= 11 is 2.84. The molecular weight excluding hydrogens is 270 g/mol. The molecule has 0 saturated carbocycles. The third-order valence-corrected chi connectivity index (χ3v) is 2.45. The van der Waals surface area contributed by atoms with E-state index in [0.717, 1.165) is 17.0 Å². The van der Waals surface area contributed by atoms with Gasteiger partial charge in [0.2, 0.25) is 0 Å². The number of anilines is 1. The van der Waals surface area contributed by atoms with Crippen LogP contribution in [0.4, 0.5) is 10.5 Å². The minimum Gasteiger partial charge on any atom is -0.496 e. The molecule has 0 radical (unpaired) electrons. The zero-order valence-electron chi connectivity index (χ0n) is 9.93. The Morgan fingerprint density at radius 2 is 2.00 bits per heavy atom. The Balaban J connectivity index is 3.16. The molecule has 0 aliphatic carbocycles. The molecular formula is C12H16BrNO2. The molecule has 1 aromatic carbocycles. The highest BCUT2D eigenvalue weighted by molar-refractivity contribution is 9.18. The molecule has 0 atom stereocenters. The molecule has 0 unspecified atom stereocenters. The predicted molar refractivity (Wildman–Crippen MR) is 69.6 cm³/mol. The van der Waals surface area contributed by atoms with Crippen molar-refractivity contribution >= 4 is 26.4 Å². The van der Waals surface area contributed by atoms with Crippen molar-refractivity contribution in [3.8, 4) is 5.75 Å². The number of benzene rings is 1. The van der Waals surface area contributed by atoms with Crippen molar-refractivity contribution in [2.75, 3.05) is 12.4 Å².